The first-order chi connectivity index (χ1) is 18.5. The average Bonchev–Trinajstić information content (AvgIpc) is 2.96. The molecule has 5 rings (SSSR count). The van der Waals surface area contributed by atoms with Gasteiger partial charge in [-0.25, -0.2) is 0 Å². The molecule has 2 heterocycles. The Bertz CT molecular complexity index is 1240. The number of carbonyl (C=O) groups excluding carboxylic acids is 1. The fraction of sp³-hybridized carbons (Fsp3) is 0.258. The van der Waals surface area contributed by atoms with E-state index in [2.05, 4.69) is 35.7 Å². The van der Waals surface area contributed by atoms with E-state index in [4.69, 9.17) is 15.2 Å². The number of benzene rings is 3. The number of methoxy groups -OCH3 is 1. The predicted molar refractivity (Wildman–Crippen MR) is 147 cm³/mol. The van der Waals surface area contributed by atoms with Crippen molar-refractivity contribution in [3.63, 3.8) is 0 Å². The van der Waals surface area contributed by atoms with Gasteiger partial charge in [-0.15, -0.1) is 0 Å². The molecule has 0 spiro atoms. The second kappa shape index (κ2) is 11.5. The van der Waals surface area contributed by atoms with Gasteiger partial charge in [0.1, 0.15) is 5.75 Å². The molecule has 3 atom stereocenters. The summed E-state index contributed by atoms with van der Waals surface area (Å²) in [5.74, 6) is 0.999. The maximum atomic E-state index is 13.7. The van der Waals surface area contributed by atoms with Crippen LogP contribution in [-0.2, 0) is 9.53 Å². The first kappa shape index (κ1) is 25.6. The van der Waals surface area contributed by atoms with E-state index >= 15 is 0 Å². The Morgan fingerprint density at radius 2 is 1.53 bits per heavy atom. The van der Waals surface area contributed by atoms with Gasteiger partial charge in [-0.2, -0.15) is 0 Å². The molecule has 2 aliphatic heterocycles. The number of likely N-dealkylation sites (N-methyl/N-ethyl adjacent to an activating group) is 1. The number of likely N-dealkylation sites (tertiary alicyclic amines) is 1. The summed E-state index contributed by atoms with van der Waals surface area (Å²) in [5, 5.41) is 3.57. The third-order valence-electron chi connectivity index (χ3n) is 7.10. The van der Waals surface area contributed by atoms with Crippen LogP contribution in [0.3, 0.4) is 0 Å². The maximum Gasteiger partial charge on any atom is 0.237 e. The Morgan fingerprint density at radius 1 is 0.947 bits per heavy atom. The van der Waals surface area contributed by atoms with Gasteiger partial charge in [-0.05, 0) is 41.3 Å². The fourth-order valence-electron chi connectivity index (χ4n) is 4.96. The van der Waals surface area contributed by atoms with Crippen LogP contribution < -0.4 is 15.8 Å². The van der Waals surface area contributed by atoms with Crippen molar-refractivity contribution < 1.29 is 14.3 Å². The number of nitrogens with zero attached hydrogens (tertiary/aromatic N) is 2. The fourth-order valence-corrected chi connectivity index (χ4v) is 4.96. The van der Waals surface area contributed by atoms with Crippen molar-refractivity contribution in [3.05, 3.63) is 126 Å². The summed E-state index contributed by atoms with van der Waals surface area (Å²) in [6, 6.07) is 29.7. The van der Waals surface area contributed by atoms with Crippen molar-refractivity contribution in [2.24, 2.45) is 11.7 Å². The monoisotopic (exact) mass is 510 g/mol. The first-order valence-corrected chi connectivity index (χ1v) is 12.8. The number of hydrogen-bond acceptors (Lipinski definition) is 6. The molecule has 7 heteroatoms. The number of amides is 1. The van der Waals surface area contributed by atoms with E-state index in [0.717, 1.165) is 16.7 Å². The van der Waals surface area contributed by atoms with Crippen molar-refractivity contribution in [2.75, 3.05) is 20.7 Å². The summed E-state index contributed by atoms with van der Waals surface area (Å²) in [6.45, 7) is 0.713. The number of ether oxygens (including phenoxy) is 2. The van der Waals surface area contributed by atoms with Crippen LogP contribution in [0.5, 0.6) is 5.75 Å². The van der Waals surface area contributed by atoms with E-state index in [9.17, 15) is 4.79 Å². The lowest BCUT2D eigenvalue weighted by Gasteiger charge is -2.50. The molecule has 38 heavy (non-hydrogen) atoms. The standard InChI is InChI=1S/C31H34N4O3/c1-34-19-18-22(21-27(34)32)20-26-29(36)35(30(26)38-25-16-10-5-11-17-25)31(37-2)33-28(23-12-6-3-7-13-23)24-14-8-4-9-15-24/h3-18,21,26,28,30-31,33H,19-20,32H2,1-2H3/t26-,30?,31?/m0/s1. The van der Waals surface area contributed by atoms with Crippen molar-refractivity contribution in [3.8, 4) is 5.75 Å². The highest BCUT2D eigenvalue weighted by molar-refractivity contribution is 5.86. The normalized spacial score (nSPS) is 20.0. The lowest BCUT2D eigenvalue weighted by Crippen LogP contribution is -2.70. The van der Waals surface area contributed by atoms with Crippen LogP contribution in [-0.4, -0.2) is 49.0 Å². The number of nitrogens with one attached hydrogen (secondary N) is 1. The maximum absolute atomic E-state index is 13.7. The van der Waals surface area contributed by atoms with Crippen LogP contribution in [0.25, 0.3) is 0 Å². The van der Waals surface area contributed by atoms with Crippen LogP contribution in [0.1, 0.15) is 23.6 Å². The number of hydrogen-bond donors (Lipinski definition) is 2. The molecule has 2 unspecified atom stereocenters. The van der Waals surface area contributed by atoms with E-state index in [-0.39, 0.29) is 17.9 Å². The number of rotatable bonds is 10. The van der Waals surface area contributed by atoms with Crippen molar-refractivity contribution >= 4 is 5.91 Å². The van der Waals surface area contributed by atoms with Gasteiger partial charge in [-0.3, -0.25) is 15.0 Å². The van der Waals surface area contributed by atoms with Crippen molar-refractivity contribution in [2.45, 2.75) is 25.0 Å². The molecule has 0 saturated carbocycles. The van der Waals surface area contributed by atoms with E-state index in [0.29, 0.717) is 24.5 Å². The molecule has 7 nitrogen and oxygen atoms in total. The lowest BCUT2D eigenvalue weighted by molar-refractivity contribution is -0.212. The Labute approximate surface area is 224 Å². The molecule has 0 aromatic heterocycles. The van der Waals surface area contributed by atoms with Gasteiger partial charge in [0.25, 0.3) is 0 Å². The third kappa shape index (κ3) is 5.44. The Balaban J connectivity index is 1.42. The molecule has 0 radical (unpaired) electrons. The van der Waals surface area contributed by atoms with E-state index in [1.54, 1.807) is 12.0 Å². The average molecular weight is 511 g/mol. The van der Waals surface area contributed by atoms with Gasteiger partial charge < -0.3 is 20.1 Å². The molecule has 3 N–H and O–H groups in total. The number of nitrogens with two attached hydrogens (primary N) is 1. The van der Waals surface area contributed by atoms with E-state index in [1.165, 1.54) is 0 Å². The molecular formula is C31H34N4O3. The number of β-lactam (4-membered cyclic amide) rings is 1. The van der Waals surface area contributed by atoms with Crippen molar-refractivity contribution in [1.29, 1.82) is 0 Å². The third-order valence-corrected chi connectivity index (χ3v) is 7.10. The van der Waals surface area contributed by atoms with Crippen LogP contribution in [0.15, 0.2) is 115 Å². The minimum absolute atomic E-state index is 0.0306. The summed E-state index contributed by atoms with van der Waals surface area (Å²) in [5.41, 5.74) is 9.33. The van der Waals surface area contributed by atoms with Crippen molar-refractivity contribution in [1.82, 2.24) is 15.1 Å². The van der Waals surface area contributed by atoms with Crippen LogP contribution in [0, 0.1) is 5.92 Å². The minimum atomic E-state index is -0.704. The highest BCUT2D eigenvalue weighted by Crippen LogP contribution is 2.37. The zero-order valence-electron chi connectivity index (χ0n) is 21.7. The molecule has 1 amide bonds. The topological polar surface area (TPSA) is 80.1 Å². The van der Waals surface area contributed by atoms with E-state index in [1.807, 2.05) is 84.8 Å². The number of allylic oxidation sites excluding steroid dienone is 2. The quantitative estimate of drug-likeness (QED) is 0.314. The summed E-state index contributed by atoms with van der Waals surface area (Å²) < 4.78 is 12.3. The molecular weight excluding hydrogens is 476 g/mol. The molecule has 196 valence electrons. The first-order valence-electron chi connectivity index (χ1n) is 12.8. The van der Waals surface area contributed by atoms with Gasteiger partial charge in [-0.1, -0.05) is 84.9 Å². The Kier molecular flexibility index (Phi) is 7.77. The molecule has 0 aliphatic carbocycles. The molecule has 0 bridgehead atoms. The Morgan fingerprint density at radius 3 is 2.08 bits per heavy atom. The van der Waals surface area contributed by atoms with Gasteiger partial charge in [0, 0.05) is 20.7 Å². The summed E-state index contributed by atoms with van der Waals surface area (Å²) in [7, 11) is 3.55. The number of carbonyl (C=O) groups is 1. The van der Waals surface area contributed by atoms with Crippen LogP contribution in [0.4, 0.5) is 0 Å². The highest BCUT2D eigenvalue weighted by Gasteiger charge is 2.53. The second-order valence-electron chi connectivity index (χ2n) is 9.62. The minimum Gasteiger partial charge on any atom is -0.469 e. The molecule has 3 aromatic carbocycles. The summed E-state index contributed by atoms with van der Waals surface area (Å²) in [4.78, 5) is 17.3. The number of para-hydroxylation sites is 1. The van der Waals surface area contributed by atoms with Crippen LogP contribution in [0.2, 0.25) is 0 Å². The van der Waals surface area contributed by atoms with Gasteiger partial charge >= 0.3 is 0 Å². The second-order valence-corrected chi connectivity index (χ2v) is 9.62. The van der Waals surface area contributed by atoms with E-state index < -0.39 is 12.6 Å². The predicted octanol–water partition coefficient (Wildman–Crippen LogP) is 4.22. The molecule has 1 fully saturated rings. The largest absolute Gasteiger partial charge is 0.469 e. The zero-order valence-corrected chi connectivity index (χ0v) is 21.7. The lowest BCUT2D eigenvalue weighted by atomic mass is 9.87. The Hall–Kier alpha value is -4.07. The van der Waals surface area contributed by atoms with Gasteiger partial charge in [0.05, 0.1) is 17.8 Å². The van der Waals surface area contributed by atoms with Crippen LogP contribution >= 0.6 is 0 Å². The molecule has 2 aliphatic rings. The van der Waals surface area contributed by atoms with Gasteiger partial charge in [0.15, 0.2) is 12.6 Å². The summed E-state index contributed by atoms with van der Waals surface area (Å²) in [6.07, 6.45) is 3.37. The smallest absolute Gasteiger partial charge is 0.237 e. The molecule has 3 aromatic rings. The zero-order chi connectivity index (χ0) is 26.5. The van der Waals surface area contributed by atoms with Gasteiger partial charge in [0.2, 0.25) is 5.91 Å². The SMILES string of the molecule is COC(NC(c1ccccc1)c1ccccc1)N1C(=O)[C@H](CC2=CCN(C)C(N)=C2)C1Oc1ccccc1. The molecule has 1 saturated heterocycles. The highest BCUT2D eigenvalue weighted by atomic mass is 16.5. The summed E-state index contributed by atoms with van der Waals surface area (Å²) >= 11 is 0.